The molecule has 86 valence electrons. The Kier molecular flexibility index (Phi) is 4.83. The first kappa shape index (κ1) is 12.6. The fourth-order valence-corrected chi connectivity index (χ4v) is 1.28. The normalized spacial score (nSPS) is 9.44. The molecule has 2 N–H and O–H groups in total. The lowest BCUT2D eigenvalue weighted by atomic mass is 10.4. The maximum atomic E-state index is 11.6. The van der Waals surface area contributed by atoms with Crippen molar-refractivity contribution >= 4 is 17.3 Å². The van der Waals surface area contributed by atoms with Gasteiger partial charge in [0.2, 0.25) is 0 Å². The molecule has 0 amide bonds. The number of rotatable bonds is 4. The molecule has 6 heteroatoms. The average molecular weight is 242 g/mol. The number of hydrogen-bond acceptors (Lipinski definition) is 4. The second kappa shape index (κ2) is 6.16. The molecule has 0 atom stereocenters. The molecule has 0 radical (unpaired) electrons. The Balaban J connectivity index is 2.91. The monoisotopic (exact) mass is 241 g/mol. The lowest BCUT2D eigenvalue weighted by Gasteiger charge is -2.07. The van der Waals surface area contributed by atoms with Crippen LogP contribution in [0.4, 0.5) is 5.69 Å². The van der Waals surface area contributed by atoms with Gasteiger partial charge in [0.05, 0.1) is 31.6 Å². The van der Waals surface area contributed by atoms with Crippen molar-refractivity contribution in [2.75, 3.05) is 18.5 Å². The summed E-state index contributed by atoms with van der Waals surface area (Å²) < 4.78 is 1.11. The van der Waals surface area contributed by atoms with Crippen molar-refractivity contribution in [1.29, 1.82) is 0 Å². The minimum Gasteiger partial charge on any atom is -0.394 e. The van der Waals surface area contributed by atoms with Gasteiger partial charge in [0.25, 0.3) is 5.56 Å². The molecule has 0 saturated carbocycles. The zero-order valence-corrected chi connectivity index (χ0v) is 9.58. The molecule has 0 unspecified atom stereocenters. The van der Waals surface area contributed by atoms with Gasteiger partial charge in [-0.25, -0.2) is 4.68 Å². The summed E-state index contributed by atoms with van der Waals surface area (Å²) in [5.41, 5.74) is 0.0220. The van der Waals surface area contributed by atoms with Crippen molar-refractivity contribution in [2.45, 2.75) is 13.5 Å². The standard InChI is InChI=1S/C10H12ClN3O2/c1-2-3-4-12-8-7-13-14(5-6-15)10(16)9(8)11/h7,12,15H,4-6H2,1H3. The third-order valence-electron chi connectivity index (χ3n) is 1.84. The molecule has 0 aromatic carbocycles. The van der Waals surface area contributed by atoms with Crippen LogP contribution in [0.3, 0.4) is 0 Å². The van der Waals surface area contributed by atoms with Crippen LogP contribution < -0.4 is 10.9 Å². The van der Waals surface area contributed by atoms with E-state index in [1.165, 1.54) is 6.20 Å². The number of anilines is 1. The smallest absolute Gasteiger partial charge is 0.287 e. The van der Waals surface area contributed by atoms with Crippen LogP contribution >= 0.6 is 11.6 Å². The highest BCUT2D eigenvalue weighted by atomic mass is 35.5. The van der Waals surface area contributed by atoms with Crippen molar-refractivity contribution in [3.8, 4) is 11.8 Å². The van der Waals surface area contributed by atoms with Gasteiger partial charge in [-0.15, -0.1) is 5.92 Å². The molecule has 0 aliphatic rings. The van der Waals surface area contributed by atoms with E-state index in [9.17, 15) is 4.79 Å². The summed E-state index contributed by atoms with van der Waals surface area (Å²) in [6, 6.07) is 0. The summed E-state index contributed by atoms with van der Waals surface area (Å²) in [6.07, 6.45) is 1.44. The quantitative estimate of drug-likeness (QED) is 0.746. The van der Waals surface area contributed by atoms with E-state index in [4.69, 9.17) is 16.7 Å². The van der Waals surface area contributed by atoms with Gasteiger partial charge in [-0.2, -0.15) is 5.10 Å². The molecule has 0 fully saturated rings. The predicted octanol–water partition coefficient (Wildman–Crippen LogP) is 0.324. The highest BCUT2D eigenvalue weighted by Crippen LogP contribution is 2.14. The van der Waals surface area contributed by atoms with Crippen molar-refractivity contribution in [2.24, 2.45) is 0 Å². The first-order valence-electron chi connectivity index (χ1n) is 4.70. The molecule has 0 saturated heterocycles. The molecule has 1 heterocycles. The van der Waals surface area contributed by atoms with E-state index in [1.807, 2.05) is 0 Å². The van der Waals surface area contributed by atoms with Crippen LogP contribution in [0, 0.1) is 11.8 Å². The first-order valence-corrected chi connectivity index (χ1v) is 5.08. The van der Waals surface area contributed by atoms with Crippen molar-refractivity contribution in [3.05, 3.63) is 21.6 Å². The SMILES string of the molecule is CC#CCNc1cnn(CCO)c(=O)c1Cl. The molecular weight excluding hydrogens is 230 g/mol. The molecule has 1 aromatic rings. The maximum Gasteiger partial charge on any atom is 0.287 e. The van der Waals surface area contributed by atoms with Gasteiger partial charge in [0.15, 0.2) is 0 Å². The molecule has 0 aliphatic heterocycles. The van der Waals surface area contributed by atoms with Crippen LogP contribution in [0.2, 0.25) is 5.02 Å². The lowest BCUT2D eigenvalue weighted by Crippen LogP contribution is -2.25. The van der Waals surface area contributed by atoms with Gasteiger partial charge in [-0.05, 0) is 6.92 Å². The summed E-state index contributed by atoms with van der Waals surface area (Å²) in [4.78, 5) is 11.6. The van der Waals surface area contributed by atoms with E-state index in [1.54, 1.807) is 6.92 Å². The fraction of sp³-hybridized carbons (Fsp3) is 0.400. The Morgan fingerprint density at radius 3 is 3.06 bits per heavy atom. The Bertz CT molecular complexity index is 473. The molecule has 1 rings (SSSR count). The van der Waals surface area contributed by atoms with Crippen LogP contribution in [-0.4, -0.2) is 28.0 Å². The topological polar surface area (TPSA) is 67.2 Å². The number of nitrogens with zero attached hydrogens (tertiary/aromatic N) is 2. The van der Waals surface area contributed by atoms with Crippen LogP contribution in [0.5, 0.6) is 0 Å². The summed E-state index contributed by atoms with van der Waals surface area (Å²) in [6.45, 7) is 2.10. The molecule has 1 aromatic heterocycles. The minimum atomic E-state index is -0.426. The first-order chi connectivity index (χ1) is 7.70. The van der Waals surface area contributed by atoms with E-state index in [0.717, 1.165) is 4.68 Å². The van der Waals surface area contributed by atoms with Crippen LogP contribution in [0.1, 0.15) is 6.92 Å². The third kappa shape index (κ3) is 2.99. The molecule has 0 bridgehead atoms. The van der Waals surface area contributed by atoms with Gasteiger partial charge in [-0.1, -0.05) is 17.5 Å². The highest BCUT2D eigenvalue weighted by Gasteiger charge is 2.07. The van der Waals surface area contributed by atoms with Crippen molar-refractivity contribution in [3.63, 3.8) is 0 Å². The van der Waals surface area contributed by atoms with Gasteiger partial charge in [0.1, 0.15) is 5.02 Å². The molecule has 0 aliphatic carbocycles. The Morgan fingerprint density at radius 1 is 1.69 bits per heavy atom. The number of hydrogen-bond donors (Lipinski definition) is 2. The number of aliphatic hydroxyl groups excluding tert-OH is 1. The zero-order valence-electron chi connectivity index (χ0n) is 8.83. The summed E-state index contributed by atoms with van der Waals surface area (Å²) >= 11 is 5.85. The van der Waals surface area contributed by atoms with Crippen LogP contribution in [0.15, 0.2) is 11.0 Å². The van der Waals surface area contributed by atoms with Gasteiger partial charge < -0.3 is 10.4 Å². The fourth-order valence-electron chi connectivity index (χ4n) is 1.07. The van der Waals surface area contributed by atoms with Crippen molar-refractivity contribution < 1.29 is 5.11 Å². The van der Waals surface area contributed by atoms with Crippen LogP contribution in [-0.2, 0) is 6.54 Å². The summed E-state index contributed by atoms with van der Waals surface area (Å²) in [7, 11) is 0. The van der Waals surface area contributed by atoms with E-state index in [-0.39, 0.29) is 18.2 Å². The highest BCUT2D eigenvalue weighted by molar-refractivity contribution is 6.32. The predicted molar refractivity (Wildman–Crippen MR) is 62.5 cm³/mol. The maximum absolute atomic E-state index is 11.6. The summed E-state index contributed by atoms with van der Waals surface area (Å²) in [5, 5.41) is 15.5. The second-order valence-corrected chi connectivity index (χ2v) is 3.28. The van der Waals surface area contributed by atoms with Crippen LogP contribution in [0.25, 0.3) is 0 Å². The van der Waals surface area contributed by atoms with E-state index < -0.39 is 5.56 Å². The Morgan fingerprint density at radius 2 is 2.44 bits per heavy atom. The van der Waals surface area contributed by atoms with Crippen molar-refractivity contribution in [1.82, 2.24) is 9.78 Å². The lowest BCUT2D eigenvalue weighted by molar-refractivity contribution is 0.266. The zero-order chi connectivity index (χ0) is 12.0. The molecule has 5 nitrogen and oxygen atoms in total. The van der Waals surface area contributed by atoms with Gasteiger partial charge in [-0.3, -0.25) is 4.79 Å². The van der Waals surface area contributed by atoms with E-state index >= 15 is 0 Å². The number of aliphatic hydroxyl groups is 1. The van der Waals surface area contributed by atoms with Gasteiger partial charge in [0, 0.05) is 0 Å². The minimum absolute atomic E-state index is 0.0568. The molecule has 16 heavy (non-hydrogen) atoms. The number of nitrogens with one attached hydrogen (secondary N) is 1. The Labute approximate surface area is 98.0 Å². The largest absolute Gasteiger partial charge is 0.394 e. The number of aromatic nitrogens is 2. The average Bonchev–Trinajstić information content (AvgIpc) is 2.28. The van der Waals surface area contributed by atoms with E-state index in [0.29, 0.717) is 12.2 Å². The van der Waals surface area contributed by atoms with E-state index in [2.05, 4.69) is 22.3 Å². The summed E-state index contributed by atoms with van der Waals surface area (Å²) in [5.74, 6) is 5.50. The molecule has 0 spiro atoms. The third-order valence-corrected chi connectivity index (χ3v) is 2.21. The molecular formula is C10H12ClN3O2. The van der Waals surface area contributed by atoms with Gasteiger partial charge >= 0.3 is 0 Å². The Hall–Kier alpha value is -1.51. The number of halogens is 1. The second-order valence-electron chi connectivity index (χ2n) is 2.90.